The number of nitrogens with one attached hydrogen (secondary N) is 1. The van der Waals surface area contributed by atoms with Crippen LogP contribution in [0.25, 0.3) is 16.9 Å². The summed E-state index contributed by atoms with van der Waals surface area (Å²) in [5, 5.41) is 8.60. The summed E-state index contributed by atoms with van der Waals surface area (Å²) in [5.74, 6) is 0.661. The van der Waals surface area contributed by atoms with Gasteiger partial charge in [0.2, 0.25) is 5.88 Å². The van der Waals surface area contributed by atoms with Crippen molar-refractivity contribution in [2.75, 3.05) is 31.2 Å². The summed E-state index contributed by atoms with van der Waals surface area (Å²) in [6.45, 7) is 4.45. The predicted octanol–water partition coefficient (Wildman–Crippen LogP) is 3.17. The van der Waals surface area contributed by atoms with Gasteiger partial charge in [-0.05, 0) is 55.7 Å². The highest BCUT2D eigenvalue weighted by Crippen LogP contribution is 2.35. The van der Waals surface area contributed by atoms with E-state index in [9.17, 15) is 0 Å². The molecule has 2 fully saturated rings. The molecule has 5 heterocycles. The second-order valence-corrected chi connectivity index (χ2v) is 8.60. The van der Waals surface area contributed by atoms with Crippen LogP contribution in [0.4, 0.5) is 5.69 Å². The van der Waals surface area contributed by atoms with Gasteiger partial charge in [0.25, 0.3) is 0 Å². The molecule has 3 aromatic rings. The molecule has 3 aliphatic heterocycles. The van der Waals surface area contributed by atoms with E-state index in [-0.39, 0.29) is 0 Å². The number of benzene rings is 1. The molecule has 0 radical (unpaired) electrons. The highest BCUT2D eigenvalue weighted by atomic mass is 16.5. The summed E-state index contributed by atoms with van der Waals surface area (Å²) in [6, 6.07) is 13.8. The number of rotatable bonds is 4. The number of anilines is 1. The number of ether oxygens (including phenoxy) is 2. The normalized spacial score (nSPS) is 20.9. The summed E-state index contributed by atoms with van der Waals surface area (Å²) in [5.41, 5.74) is 5.34. The van der Waals surface area contributed by atoms with Crippen molar-refractivity contribution in [1.82, 2.24) is 20.1 Å². The molecule has 0 amide bonds. The third kappa shape index (κ3) is 3.68. The Morgan fingerprint density at radius 3 is 2.61 bits per heavy atom. The first kappa shape index (κ1) is 18.8. The van der Waals surface area contributed by atoms with Crippen molar-refractivity contribution in [3.05, 3.63) is 54.4 Å². The number of aromatic nitrogens is 3. The molecule has 0 saturated carbocycles. The van der Waals surface area contributed by atoms with Gasteiger partial charge in [-0.1, -0.05) is 0 Å². The molecule has 31 heavy (non-hydrogen) atoms. The fourth-order valence-corrected chi connectivity index (χ4v) is 4.83. The zero-order chi connectivity index (χ0) is 20.6. The maximum atomic E-state index is 5.76. The van der Waals surface area contributed by atoms with Gasteiger partial charge in [-0.2, -0.15) is 5.10 Å². The minimum atomic E-state index is 0.507. The third-order valence-electron chi connectivity index (χ3n) is 6.56. The first-order valence-corrected chi connectivity index (χ1v) is 11.2. The lowest BCUT2D eigenvalue weighted by Gasteiger charge is -2.35. The average Bonchev–Trinajstić information content (AvgIpc) is 3.50. The first-order valence-electron chi connectivity index (χ1n) is 11.2. The SMILES string of the molecule is c1cnc2c(c1)-c1nn(-c3ccc(N4CCC(N[C@@H]5CCOC5)CC4)cc3)cc1CO2. The highest BCUT2D eigenvalue weighted by molar-refractivity contribution is 5.69. The monoisotopic (exact) mass is 417 g/mol. The zero-order valence-corrected chi connectivity index (χ0v) is 17.5. The van der Waals surface area contributed by atoms with Crippen LogP contribution in [0.2, 0.25) is 0 Å². The van der Waals surface area contributed by atoms with Crippen molar-refractivity contribution in [2.45, 2.75) is 38.0 Å². The maximum absolute atomic E-state index is 5.76. The van der Waals surface area contributed by atoms with Gasteiger partial charge < -0.3 is 19.7 Å². The van der Waals surface area contributed by atoms with Crippen LogP contribution in [0.15, 0.2) is 48.8 Å². The molecule has 1 aromatic carbocycles. The van der Waals surface area contributed by atoms with Gasteiger partial charge in [0.15, 0.2) is 0 Å². The van der Waals surface area contributed by atoms with Crippen LogP contribution < -0.4 is 15.0 Å². The van der Waals surface area contributed by atoms with E-state index < -0.39 is 0 Å². The fourth-order valence-electron chi connectivity index (χ4n) is 4.83. The molecule has 160 valence electrons. The summed E-state index contributed by atoms with van der Waals surface area (Å²) >= 11 is 0. The molecule has 0 aliphatic carbocycles. The molecule has 0 unspecified atom stereocenters. The summed E-state index contributed by atoms with van der Waals surface area (Å²) < 4.78 is 13.2. The van der Waals surface area contributed by atoms with Crippen molar-refractivity contribution in [3.63, 3.8) is 0 Å². The zero-order valence-electron chi connectivity index (χ0n) is 17.5. The molecule has 2 saturated heterocycles. The lowest BCUT2D eigenvalue weighted by Crippen LogP contribution is -2.46. The fraction of sp³-hybridized carbons (Fsp3) is 0.417. The molecule has 6 rings (SSSR count). The second kappa shape index (κ2) is 7.98. The minimum Gasteiger partial charge on any atom is -0.472 e. The molecule has 7 heteroatoms. The minimum absolute atomic E-state index is 0.507. The number of fused-ring (bicyclic) bond motifs is 3. The van der Waals surface area contributed by atoms with Crippen LogP contribution in [0.1, 0.15) is 24.8 Å². The topological polar surface area (TPSA) is 64.4 Å². The Morgan fingerprint density at radius 2 is 1.81 bits per heavy atom. The van der Waals surface area contributed by atoms with Gasteiger partial charge in [0, 0.05) is 55.4 Å². The van der Waals surface area contributed by atoms with Crippen LogP contribution in [0.3, 0.4) is 0 Å². The van der Waals surface area contributed by atoms with Gasteiger partial charge >= 0.3 is 0 Å². The molecule has 0 bridgehead atoms. The molecule has 7 nitrogen and oxygen atoms in total. The van der Waals surface area contributed by atoms with Gasteiger partial charge in [0.05, 0.1) is 17.9 Å². The van der Waals surface area contributed by atoms with Crippen LogP contribution in [-0.4, -0.2) is 53.2 Å². The largest absolute Gasteiger partial charge is 0.472 e. The van der Waals surface area contributed by atoms with E-state index in [4.69, 9.17) is 14.6 Å². The third-order valence-corrected chi connectivity index (χ3v) is 6.56. The number of hydrogen-bond donors (Lipinski definition) is 1. The lowest BCUT2D eigenvalue weighted by molar-refractivity contribution is 0.186. The van der Waals surface area contributed by atoms with E-state index in [2.05, 4.69) is 45.7 Å². The Balaban J connectivity index is 1.13. The van der Waals surface area contributed by atoms with Crippen molar-refractivity contribution in [3.8, 4) is 22.8 Å². The molecule has 0 spiro atoms. The van der Waals surface area contributed by atoms with Gasteiger partial charge in [-0.15, -0.1) is 0 Å². The van der Waals surface area contributed by atoms with Crippen LogP contribution >= 0.6 is 0 Å². The number of nitrogens with zero attached hydrogens (tertiary/aromatic N) is 4. The predicted molar refractivity (Wildman–Crippen MR) is 119 cm³/mol. The Morgan fingerprint density at radius 1 is 0.968 bits per heavy atom. The van der Waals surface area contributed by atoms with Gasteiger partial charge in [-0.25, -0.2) is 9.67 Å². The van der Waals surface area contributed by atoms with Crippen molar-refractivity contribution < 1.29 is 9.47 Å². The Kier molecular flexibility index (Phi) is 4.85. The van der Waals surface area contributed by atoms with E-state index in [1.54, 1.807) is 6.20 Å². The number of hydrogen-bond acceptors (Lipinski definition) is 6. The molecule has 1 N–H and O–H groups in total. The average molecular weight is 418 g/mol. The standard InChI is InChI=1S/C24H27N5O2/c1-2-22-23-17(15-31-24(22)25-10-1)14-29(27-23)21-5-3-20(4-6-21)28-11-7-18(8-12-28)26-19-9-13-30-16-19/h1-6,10,14,18-19,26H,7-9,11-13,15-16H2/t19-/m1/s1. The molecule has 1 atom stereocenters. The van der Waals surface area contributed by atoms with Crippen LogP contribution in [-0.2, 0) is 11.3 Å². The van der Waals surface area contributed by atoms with Gasteiger partial charge in [-0.3, -0.25) is 0 Å². The summed E-state index contributed by atoms with van der Waals surface area (Å²) in [7, 11) is 0. The Labute approximate surface area is 182 Å². The molecular weight excluding hydrogens is 390 g/mol. The van der Waals surface area contributed by atoms with Gasteiger partial charge in [0.1, 0.15) is 12.3 Å². The maximum Gasteiger partial charge on any atom is 0.223 e. The van der Waals surface area contributed by atoms with Crippen molar-refractivity contribution >= 4 is 5.69 Å². The smallest absolute Gasteiger partial charge is 0.223 e. The lowest BCUT2D eigenvalue weighted by atomic mass is 10.0. The highest BCUT2D eigenvalue weighted by Gasteiger charge is 2.25. The number of piperidine rings is 1. The number of pyridine rings is 1. The van der Waals surface area contributed by atoms with Crippen molar-refractivity contribution in [2.24, 2.45) is 0 Å². The summed E-state index contributed by atoms with van der Waals surface area (Å²) in [4.78, 5) is 6.79. The van der Waals surface area contributed by atoms with E-state index in [0.29, 0.717) is 24.6 Å². The Bertz CT molecular complexity index is 1050. The molecular formula is C24H27N5O2. The quantitative estimate of drug-likeness (QED) is 0.704. The van der Waals surface area contributed by atoms with Crippen LogP contribution in [0.5, 0.6) is 5.88 Å². The first-order chi connectivity index (χ1) is 15.3. The van der Waals surface area contributed by atoms with E-state index in [1.807, 2.05) is 16.8 Å². The van der Waals surface area contributed by atoms with E-state index in [0.717, 1.165) is 55.2 Å². The Hall–Kier alpha value is -2.90. The molecule has 3 aliphatic rings. The van der Waals surface area contributed by atoms with E-state index >= 15 is 0 Å². The van der Waals surface area contributed by atoms with E-state index in [1.165, 1.54) is 18.5 Å². The summed E-state index contributed by atoms with van der Waals surface area (Å²) in [6.07, 6.45) is 7.31. The molecule has 2 aromatic heterocycles. The van der Waals surface area contributed by atoms with Crippen LogP contribution in [0, 0.1) is 0 Å². The van der Waals surface area contributed by atoms with Crippen molar-refractivity contribution in [1.29, 1.82) is 0 Å². The second-order valence-electron chi connectivity index (χ2n) is 8.60.